The monoisotopic (exact) mass is 398 g/mol. The molecule has 1 spiro atoms. The second-order valence-electron chi connectivity index (χ2n) is 9.89. The number of amides is 2. The van der Waals surface area contributed by atoms with Crippen LogP contribution in [-0.2, 0) is 20.7 Å². The normalized spacial score (nSPS) is 34.4. The molecule has 1 aliphatic heterocycles. The molecule has 3 aliphatic rings. The van der Waals surface area contributed by atoms with E-state index in [2.05, 4.69) is 24.5 Å². The number of carbonyl (C=O) groups is 2. The quantitative estimate of drug-likeness (QED) is 0.774. The van der Waals surface area contributed by atoms with Gasteiger partial charge in [0.05, 0.1) is 12.5 Å². The molecule has 0 radical (unpaired) electrons. The van der Waals surface area contributed by atoms with Crippen molar-refractivity contribution in [2.24, 2.45) is 22.7 Å². The Hall–Kier alpha value is -1.88. The number of hydrogen-bond acceptors (Lipinski definition) is 3. The predicted octanol–water partition coefficient (Wildman–Crippen LogP) is 3.08. The summed E-state index contributed by atoms with van der Waals surface area (Å²) in [5.74, 6) is 1.23. The van der Waals surface area contributed by atoms with Gasteiger partial charge in [-0.25, -0.2) is 0 Å². The number of benzene rings is 1. The third kappa shape index (κ3) is 3.70. The molecule has 1 saturated heterocycles. The van der Waals surface area contributed by atoms with E-state index in [-0.39, 0.29) is 34.8 Å². The zero-order valence-electron chi connectivity index (χ0n) is 17.9. The smallest absolute Gasteiger partial charge is 0.224 e. The Kier molecular flexibility index (Phi) is 5.45. The van der Waals surface area contributed by atoms with Gasteiger partial charge >= 0.3 is 0 Å². The van der Waals surface area contributed by atoms with Crippen LogP contribution in [0.1, 0.15) is 52.0 Å². The summed E-state index contributed by atoms with van der Waals surface area (Å²) in [6.07, 6.45) is 4.81. The lowest BCUT2D eigenvalue weighted by Crippen LogP contribution is -2.60. The van der Waals surface area contributed by atoms with Gasteiger partial charge < -0.3 is 15.4 Å². The highest BCUT2D eigenvalue weighted by molar-refractivity contribution is 5.78. The molecule has 5 atom stereocenters. The van der Waals surface area contributed by atoms with Gasteiger partial charge in [0.15, 0.2) is 0 Å². The Balaban J connectivity index is 1.37. The highest BCUT2D eigenvalue weighted by Crippen LogP contribution is 2.68. The molecule has 5 heteroatoms. The van der Waals surface area contributed by atoms with Crippen molar-refractivity contribution >= 4 is 11.8 Å². The summed E-state index contributed by atoms with van der Waals surface area (Å²) in [5, 5.41) is 6.38. The van der Waals surface area contributed by atoms with Crippen LogP contribution in [0.5, 0.6) is 0 Å². The summed E-state index contributed by atoms with van der Waals surface area (Å²) in [5.41, 5.74) is 1.32. The van der Waals surface area contributed by atoms with Gasteiger partial charge in [-0.2, -0.15) is 0 Å². The maximum atomic E-state index is 12.3. The van der Waals surface area contributed by atoms with Gasteiger partial charge in [0.25, 0.3) is 0 Å². The Bertz CT molecular complexity index is 763. The van der Waals surface area contributed by atoms with Crippen LogP contribution < -0.4 is 10.6 Å². The van der Waals surface area contributed by atoms with Crippen molar-refractivity contribution in [2.45, 2.75) is 65.0 Å². The zero-order valence-corrected chi connectivity index (χ0v) is 17.9. The Morgan fingerprint density at radius 2 is 1.97 bits per heavy atom. The summed E-state index contributed by atoms with van der Waals surface area (Å²) >= 11 is 0. The van der Waals surface area contributed by atoms with E-state index >= 15 is 0 Å². The number of fused-ring (bicyclic) bond motifs is 1. The van der Waals surface area contributed by atoms with Gasteiger partial charge in [-0.1, -0.05) is 44.2 Å². The second kappa shape index (κ2) is 7.75. The summed E-state index contributed by atoms with van der Waals surface area (Å²) in [6, 6.07) is 10.1. The first-order valence-electron chi connectivity index (χ1n) is 11.0. The minimum absolute atomic E-state index is 0.0620. The summed E-state index contributed by atoms with van der Waals surface area (Å²) in [6.45, 7) is 7.65. The average molecular weight is 399 g/mol. The number of rotatable bonds is 6. The molecule has 1 aromatic carbocycles. The highest BCUT2D eigenvalue weighted by Gasteiger charge is 2.68. The van der Waals surface area contributed by atoms with Gasteiger partial charge in [0.1, 0.15) is 0 Å². The van der Waals surface area contributed by atoms with Gasteiger partial charge in [-0.05, 0) is 53.9 Å². The standard InChI is InChI=1S/C24H34N2O3/c1-16(27)26-22-23(2,3)18-14-19-20(29-12-10-24(19,22)15-18)9-11-25-21(28)13-17-7-5-4-6-8-17/h4-8,18-20,22H,9-15H2,1-3H3,(H,25,28)(H,26,27)/t18-,19-,20-,22+,24-/m1/s1. The van der Waals surface area contributed by atoms with Gasteiger partial charge in [0, 0.05) is 26.1 Å². The number of hydrogen-bond donors (Lipinski definition) is 2. The van der Waals surface area contributed by atoms with E-state index in [0.717, 1.165) is 25.0 Å². The highest BCUT2D eigenvalue weighted by atomic mass is 16.5. The summed E-state index contributed by atoms with van der Waals surface area (Å²) in [4.78, 5) is 24.2. The van der Waals surface area contributed by atoms with Crippen LogP contribution in [-0.4, -0.2) is 37.1 Å². The van der Waals surface area contributed by atoms with Crippen molar-refractivity contribution in [1.82, 2.24) is 10.6 Å². The van der Waals surface area contributed by atoms with Crippen LogP contribution in [0.15, 0.2) is 30.3 Å². The van der Waals surface area contributed by atoms with E-state index in [9.17, 15) is 9.59 Å². The van der Waals surface area contributed by atoms with Gasteiger partial charge in [0.2, 0.25) is 11.8 Å². The minimum Gasteiger partial charge on any atom is -0.378 e. The lowest BCUT2D eigenvalue weighted by molar-refractivity contribution is -0.136. The molecule has 2 saturated carbocycles. The van der Waals surface area contributed by atoms with E-state index in [4.69, 9.17) is 4.74 Å². The molecule has 1 aromatic rings. The third-order valence-electron chi connectivity index (χ3n) is 7.93. The SMILES string of the molecule is CC(=O)N[C@H]1C(C)(C)[C@@H]2C[C@@H]3[C@@H](CCNC(=O)Cc4ccccc4)OCC[C@@]31C2. The van der Waals surface area contributed by atoms with E-state index in [0.29, 0.717) is 24.8 Å². The molecule has 29 heavy (non-hydrogen) atoms. The van der Waals surface area contributed by atoms with Crippen molar-refractivity contribution in [3.8, 4) is 0 Å². The topological polar surface area (TPSA) is 67.4 Å². The lowest BCUT2D eigenvalue weighted by Gasteiger charge is -2.53. The fraction of sp³-hybridized carbons (Fsp3) is 0.667. The maximum absolute atomic E-state index is 12.3. The summed E-state index contributed by atoms with van der Waals surface area (Å²) < 4.78 is 6.20. The molecule has 158 valence electrons. The van der Waals surface area contributed by atoms with Crippen LogP contribution in [0, 0.1) is 22.7 Å². The van der Waals surface area contributed by atoms with Crippen molar-refractivity contribution in [1.29, 1.82) is 0 Å². The third-order valence-corrected chi connectivity index (χ3v) is 7.93. The second-order valence-corrected chi connectivity index (χ2v) is 9.89. The molecule has 2 bridgehead atoms. The minimum atomic E-state index is 0.0620. The Morgan fingerprint density at radius 3 is 2.69 bits per heavy atom. The first-order chi connectivity index (χ1) is 13.8. The van der Waals surface area contributed by atoms with Crippen LogP contribution in [0.2, 0.25) is 0 Å². The molecule has 0 aromatic heterocycles. The van der Waals surface area contributed by atoms with Crippen LogP contribution in [0.3, 0.4) is 0 Å². The van der Waals surface area contributed by atoms with Crippen molar-refractivity contribution in [3.63, 3.8) is 0 Å². The fourth-order valence-electron chi connectivity index (χ4n) is 6.60. The molecule has 3 fully saturated rings. The molecule has 2 amide bonds. The first-order valence-corrected chi connectivity index (χ1v) is 11.0. The van der Waals surface area contributed by atoms with E-state index in [1.165, 1.54) is 12.8 Å². The largest absolute Gasteiger partial charge is 0.378 e. The van der Waals surface area contributed by atoms with Crippen molar-refractivity contribution < 1.29 is 14.3 Å². The van der Waals surface area contributed by atoms with Gasteiger partial charge in [-0.15, -0.1) is 0 Å². The molecule has 4 rings (SSSR count). The lowest BCUT2D eigenvalue weighted by atomic mass is 9.59. The predicted molar refractivity (Wildman–Crippen MR) is 112 cm³/mol. The van der Waals surface area contributed by atoms with Crippen LogP contribution >= 0.6 is 0 Å². The van der Waals surface area contributed by atoms with Gasteiger partial charge in [-0.3, -0.25) is 9.59 Å². The molecule has 5 nitrogen and oxygen atoms in total. The van der Waals surface area contributed by atoms with E-state index in [1.54, 1.807) is 6.92 Å². The van der Waals surface area contributed by atoms with Crippen molar-refractivity contribution in [3.05, 3.63) is 35.9 Å². The molecule has 1 heterocycles. The van der Waals surface area contributed by atoms with Crippen molar-refractivity contribution in [2.75, 3.05) is 13.2 Å². The maximum Gasteiger partial charge on any atom is 0.224 e. The molecule has 2 N–H and O–H groups in total. The summed E-state index contributed by atoms with van der Waals surface area (Å²) in [7, 11) is 0. The first kappa shape index (κ1) is 20.4. The zero-order chi connectivity index (χ0) is 20.6. The molecular formula is C24H34N2O3. The van der Waals surface area contributed by atoms with E-state index < -0.39 is 0 Å². The number of carbonyl (C=O) groups excluding carboxylic acids is 2. The number of nitrogens with one attached hydrogen (secondary N) is 2. The van der Waals surface area contributed by atoms with Crippen LogP contribution in [0.4, 0.5) is 0 Å². The molecule has 2 aliphatic carbocycles. The molecule has 0 unspecified atom stereocenters. The fourth-order valence-corrected chi connectivity index (χ4v) is 6.60. The van der Waals surface area contributed by atoms with E-state index in [1.807, 2.05) is 30.3 Å². The Morgan fingerprint density at radius 1 is 1.21 bits per heavy atom. The molecular weight excluding hydrogens is 364 g/mol. The Labute approximate surface area is 174 Å². The van der Waals surface area contributed by atoms with Crippen LogP contribution in [0.25, 0.3) is 0 Å². The average Bonchev–Trinajstić information content (AvgIpc) is 3.16. The number of ether oxygens (including phenoxy) is 1.